The molecule has 0 aliphatic heterocycles. The predicted molar refractivity (Wildman–Crippen MR) is 198 cm³/mol. The van der Waals surface area contributed by atoms with Crippen molar-refractivity contribution in [3.63, 3.8) is 0 Å². The van der Waals surface area contributed by atoms with Crippen molar-refractivity contribution in [2.45, 2.75) is 219 Å². The Hall–Kier alpha value is -1.10. The van der Waals surface area contributed by atoms with E-state index in [2.05, 4.69) is 39.8 Å². The molecule has 0 spiro atoms. The van der Waals surface area contributed by atoms with Gasteiger partial charge in [0.1, 0.15) is 12.7 Å². The summed E-state index contributed by atoms with van der Waals surface area (Å²) in [4.78, 5) is 28.2. The normalized spacial score (nSPS) is 12.2. The number of unbranched alkanes of at least 4 members (excludes halogenated alkanes) is 22. The van der Waals surface area contributed by atoms with Crippen LogP contribution in [-0.4, -0.2) is 50.2 Å². The molecule has 1 atom stereocenters. The van der Waals surface area contributed by atoms with Crippen LogP contribution >= 0.6 is 0 Å². The standard InChI is InChI=1S/C41H81NO4/c1-6-9-12-15-18-19-20-21-22-23-26-29-34-39(46-40(43)35-30-31-36-42(4)5)37-45-41(44)38(32-27-24-16-13-10-7-2)33-28-25-17-14-11-8-3/h38-39H,6-37H2,1-5H3. The highest BCUT2D eigenvalue weighted by atomic mass is 16.6. The third-order valence-corrected chi connectivity index (χ3v) is 9.47. The molecule has 0 rings (SSSR count). The van der Waals surface area contributed by atoms with E-state index in [1.807, 2.05) is 0 Å². The summed E-state index contributed by atoms with van der Waals surface area (Å²) in [5, 5.41) is 0. The van der Waals surface area contributed by atoms with Crippen molar-refractivity contribution in [2.75, 3.05) is 27.2 Å². The highest BCUT2D eigenvalue weighted by Gasteiger charge is 2.22. The van der Waals surface area contributed by atoms with Gasteiger partial charge in [-0.25, -0.2) is 0 Å². The summed E-state index contributed by atoms with van der Waals surface area (Å²) in [5.74, 6) is -0.232. The average molecular weight is 652 g/mol. The number of esters is 2. The van der Waals surface area contributed by atoms with Crippen LogP contribution in [0.5, 0.6) is 0 Å². The lowest BCUT2D eigenvalue weighted by molar-refractivity contribution is -0.162. The summed E-state index contributed by atoms with van der Waals surface area (Å²) in [7, 11) is 4.12. The number of rotatable bonds is 36. The van der Waals surface area contributed by atoms with Crippen LogP contribution in [0.4, 0.5) is 0 Å². The van der Waals surface area contributed by atoms with Gasteiger partial charge in [0.25, 0.3) is 0 Å². The highest BCUT2D eigenvalue weighted by Crippen LogP contribution is 2.22. The van der Waals surface area contributed by atoms with E-state index in [0.29, 0.717) is 6.42 Å². The highest BCUT2D eigenvalue weighted by molar-refractivity contribution is 5.72. The van der Waals surface area contributed by atoms with Crippen molar-refractivity contribution in [3.8, 4) is 0 Å². The number of hydrogen-bond acceptors (Lipinski definition) is 5. The maximum atomic E-state index is 13.3. The first-order chi connectivity index (χ1) is 22.4. The van der Waals surface area contributed by atoms with E-state index in [4.69, 9.17) is 9.47 Å². The molecule has 0 aliphatic carbocycles. The number of hydrogen-bond donors (Lipinski definition) is 0. The topological polar surface area (TPSA) is 55.8 Å². The largest absolute Gasteiger partial charge is 0.462 e. The average Bonchev–Trinajstić information content (AvgIpc) is 3.04. The third kappa shape index (κ3) is 31.5. The van der Waals surface area contributed by atoms with Gasteiger partial charge in [0, 0.05) is 6.42 Å². The van der Waals surface area contributed by atoms with Crippen LogP contribution in [0.2, 0.25) is 0 Å². The van der Waals surface area contributed by atoms with Gasteiger partial charge in [-0.05, 0) is 59.2 Å². The van der Waals surface area contributed by atoms with Gasteiger partial charge in [-0.2, -0.15) is 0 Å². The number of carbonyl (C=O) groups excluding carboxylic acids is 2. The summed E-state index contributed by atoms with van der Waals surface area (Å²) in [6.07, 6.45) is 35.1. The number of carbonyl (C=O) groups is 2. The number of ether oxygens (including phenoxy) is 2. The van der Waals surface area contributed by atoms with Gasteiger partial charge in [0.15, 0.2) is 0 Å². The predicted octanol–water partition coefficient (Wildman–Crippen LogP) is 12.4. The summed E-state index contributed by atoms with van der Waals surface area (Å²) < 4.78 is 11.9. The Kier molecular flexibility index (Phi) is 34.4. The molecular formula is C41H81NO4. The fraction of sp³-hybridized carbons (Fsp3) is 0.951. The zero-order valence-electron chi connectivity index (χ0n) is 31.9. The summed E-state index contributed by atoms with van der Waals surface area (Å²) in [6.45, 7) is 7.97. The van der Waals surface area contributed by atoms with Crippen molar-refractivity contribution < 1.29 is 19.1 Å². The molecule has 5 nitrogen and oxygen atoms in total. The molecule has 0 aliphatic rings. The summed E-state index contributed by atoms with van der Waals surface area (Å²) in [5.41, 5.74) is 0. The molecule has 0 radical (unpaired) electrons. The minimum absolute atomic E-state index is 0.0219. The van der Waals surface area contributed by atoms with E-state index < -0.39 is 0 Å². The molecule has 0 aromatic heterocycles. The molecule has 0 fully saturated rings. The first kappa shape index (κ1) is 44.9. The van der Waals surface area contributed by atoms with Gasteiger partial charge in [-0.1, -0.05) is 168 Å². The molecule has 274 valence electrons. The monoisotopic (exact) mass is 652 g/mol. The Morgan fingerprint density at radius 3 is 1.30 bits per heavy atom. The van der Waals surface area contributed by atoms with Gasteiger partial charge < -0.3 is 14.4 Å². The number of nitrogens with zero attached hydrogens (tertiary/aromatic N) is 1. The molecule has 0 heterocycles. The lowest BCUT2D eigenvalue weighted by atomic mass is 9.94. The molecular weight excluding hydrogens is 570 g/mol. The van der Waals surface area contributed by atoms with E-state index in [1.165, 1.54) is 128 Å². The minimum Gasteiger partial charge on any atom is -0.462 e. The maximum absolute atomic E-state index is 13.3. The quantitative estimate of drug-likeness (QED) is 0.0498. The minimum atomic E-state index is -0.322. The van der Waals surface area contributed by atoms with Crippen molar-refractivity contribution >= 4 is 11.9 Å². The first-order valence-electron chi connectivity index (χ1n) is 20.4. The fourth-order valence-electron chi connectivity index (χ4n) is 6.35. The van der Waals surface area contributed by atoms with Gasteiger partial charge in [0.05, 0.1) is 5.92 Å². The zero-order chi connectivity index (χ0) is 33.9. The molecule has 0 saturated heterocycles. The fourth-order valence-corrected chi connectivity index (χ4v) is 6.35. The molecule has 1 unspecified atom stereocenters. The second-order valence-electron chi connectivity index (χ2n) is 14.5. The smallest absolute Gasteiger partial charge is 0.309 e. The van der Waals surface area contributed by atoms with Crippen molar-refractivity contribution in [1.82, 2.24) is 4.90 Å². The molecule has 0 N–H and O–H groups in total. The molecule has 5 heteroatoms. The van der Waals surface area contributed by atoms with Crippen molar-refractivity contribution in [2.24, 2.45) is 5.92 Å². The Balaban J connectivity index is 4.77. The summed E-state index contributed by atoms with van der Waals surface area (Å²) in [6, 6.07) is 0. The van der Waals surface area contributed by atoms with Crippen LogP contribution < -0.4 is 0 Å². The lowest BCUT2D eigenvalue weighted by Crippen LogP contribution is -2.28. The Morgan fingerprint density at radius 2 is 0.891 bits per heavy atom. The van der Waals surface area contributed by atoms with E-state index in [9.17, 15) is 9.59 Å². The molecule has 0 aromatic carbocycles. The Morgan fingerprint density at radius 1 is 0.500 bits per heavy atom. The van der Waals surface area contributed by atoms with Crippen molar-refractivity contribution in [3.05, 3.63) is 0 Å². The van der Waals surface area contributed by atoms with E-state index in [1.54, 1.807) is 0 Å². The zero-order valence-corrected chi connectivity index (χ0v) is 31.9. The lowest BCUT2D eigenvalue weighted by Gasteiger charge is -2.21. The SMILES string of the molecule is CCCCCCCCCCCCCCC(COC(=O)C(CCCCCCCC)CCCCCCCC)OC(=O)CCCCN(C)C. The maximum Gasteiger partial charge on any atom is 0.309 e. The van der Waals surface area contributed by atoms with E-state index in [-0.39, 0.29) is 30.6 Å². The molecule has 0 aromatic rings. The van der Waals surface area contributed by atoms with Gasteiger partial charge in [-0.3, -0.25) is 9.59 Å². The Bertz CT molecular complexity index is 636. The summed E-state index contributed by atoms with van der Waals surface area (Å²) >= 11 is 0. The van der Waals surface area contributed by atoms with Crippen LogP contribution in [0.25, 0.3) is 0 Å². The first-order valence-corrected chi connectivity index (χ1v) is 20.4. The molecule has 0 amide bonds. The van der Waals surface area contributed by atoms with Crippen LogP contribution in [0, 0.1) is 5.92 Å². The van der Waals surface area contributed by atoms with Crippen LogP contribution in [0.1, 0.15) is 213 Å². The van der Waals surface area contributed by atoms with Gasteiger partial charge in [-0.15, -0.1) is 0 Å². The van der Waals surface area contributed by atoms with Crippen LogP contribution in [-0.2, 0) is 19.1 Å². The van der Waals surface area contributed by atoms with Crippen LogP contribution in [0.15, 0.2) is 0 Å². The van der Waals surface area contributed by atoms with Crippen LogP contribution in [0.3, 0.4) is 0 Å². The van der Waals surface area contributed by atoms with Gasteiger partial charge in [0.2, 0.25) is 0 Å². The third-order valence-electron chi connectivity index (χ3n) is 9.47. The molecule has 0 saturated carbocycles. The van der Waals surface area contributed by atoms with E-state index in [0.717, 1.165) is 64.3 Å². The van der Waals surface area contributed by atoms with Crippen molar-refractivity contribution in [1.29, 1.82) is 0 Å². The van der Waals surface area contributed by atoms with E-state index >= 15 is 0 Å². The van der Waals surface area contributed by atoms with Gasteiger partial charge >= 0.3 is 11.9 Å². The second kappa shape index (κ2) is 35.2. The molecule has 0 bridgehead atoms. The molecule has 46 heavy (non-hydrogen) atoms. The second-order valence-corrected chi connectivity index (χ2v) is 14.5. The Labute approximate surface area is 288 Å².